The van der Waals surface area contributed by atoms with Crippen LogP contribution < -0.4 is 0 Å². The Morgan fingerprint density at radius 2 is 2.18 bits per heavy atom. The molecule has 1 heterocycles. The maximum atomic E-state index is 10.5. The van der Waals surface area contributed by atoms with Crippen LogP contribution in [0.4, 0.5) is 0 Å². The number of hydrogen-bond donors (Lipinski definition) is 2. The lowest BCUT2D eigenvalue weighted by atomic mass is 10.1. The highest BCUT2D eigenvalue weighted by Gasteiger charge is 2.31. The van der Waals surface area contributed by atoms with Crippen molar-refractivity contribution in [2.75, 3.05) is 0 Å². The van der Waals surface area contributed by atoms with Crippen molar-refractivity contribution in [3.8, 4) is 0 Å². The largest absolute Gasteiger partial charge is 0.478 e. The van der Waals surface area contributed by atoms with Crippen molar-refractivity contribution in [2.45, 2.75) is 25.9 Å². The zero-order valence-electron chi connectivity index (χ0n) is 6.48. The van der Waals surface area contributed by atoms with E-state index in [4.69, 9.17) is 5.11 Å². The van der Waals surface area contributed by atoms with E-state index in [0.717, 1.165) is 5.06 Å². The summed E-state index contributed by atoms with van der Waals surface area (Å²) >= 11 is 0. The van der Waals surface area contributed by atoms with Crippen molar-refractivity contribution < 1.29 is 15.1 Å². The Kier molecular flexibility index (Phi) is 1.97. The molecule has 0 amide bonds. The quantitative estimate of drug-likeness (QED) is 0.581. The van der Waals surface area contributed by atoms with Crippen LogP contribution in [0.1, 0.15) is 13.8 Å². The third-order valence-corrected chi connectivity index (χ3v) is 1.93. The molecular weight excluding hydrogens is 146 g/mol. The Hall–Kier alpha value is -0.870. The van der Waals surface area contributed by atoms with Crippen LogP contribution in [0.3, 0.4) is 0 Å². The Balaban J connectivity index is 2.83. The average molecular weight is 157 g/mol. The van der Waals surface area contributed by atoms with E-state index in [1.165, 1.54) is 0 Å². The van der Waals surface area contributed by atoms with Crippen molar-refractivity contribution in [3.05, 3.63) is 11.6 Å². The molecule has 0 aromatic carbocycles. The molecule has 1 aliphatic rings. The van der Waals surface area contributed by atoms with Crippen molar-refractivity contribution in [2.24, 2.45) is 0 Å². The molecular formula is C7H11NO3. The molecule has 0 radical (unpaired) electrons. The van der Waals surface area contributed by atoms with Gasteiger partial charge >= 0.3 is 5.97 Å². The van der Waals surface area contributed by atoms with Crippen LogP contribution in [-0.2, 0) is 4.79 Å². The fourth-order valence-corrected chi connectivity index (χ4v) is 1.22. The molecule has 1 unspecified atom stereocenters. The molecule has 1 aliphatic heterocycles. The molecule has 2 N–H and O–H groups in total. The molecule has 0 fully saturated rings. The minimum absolute atomic E-state index is 0.198. The third-order valence-electron chi connectivity index (χ3n) is 1.93. The van der Waals surface area contributed by atoms with Gasteiger partial charge in [0.25, 0.3) is 0 Å². The maximum absolute atomic E-state index is 10.5. The predicted molar refractivity (Wildman–Crippen MR) is 38.3 cm³/mol. The smallest absolute Gasteiger partial charge is 0.332 e. The van der Waals surface area contributed by atoms with Gasteiger partial charge in [0.15, 0.2) is 0 Å². The Morgan fingerprint density at radius 1 is 1.64 bits per heavy atom. The van der Waals surface area contributed by atoms with Gasteiger partial charge in [-0.3, -0.25) is 0 Å². The lowest BCUT2D eigenvalue weighted by Crippen LogP contribution is -2.32. The van der Waals surface area contributed by atoms with E-state index in [1.807, 2.05) is 0 Å². The highest BCUT2D eigenvalue weighted by Crippen LogP contribution is 2.20. The van der Waals surface area contributed by atoms with E-state index in [2.05, 4.69) is 0 Å². The summed E-state index contributed by atoms with van der Waals surface area (Å²) in [5.74, 6) is -0.957. The number of carbonyl (C=O) groups is 1. The molecule has 0 saturated carbocycles. The summed E-state index contributed by atoms with van der Waals surface area (Å²) < 4.78 is 0. The van der Waals surface area contributed by atoms with Crippen LogP contribution in [0, 0.1) is 0 Å². The summed E-state index contributed by atoms with van der Waals surface area (Å²) in [7, 11) is 0. The second-order valence-corrected chi connectivity index (χ2v) is 2.72. The number of aliphatic carboxylic acids is 1. The summed E-state index contributed by atoms with van der Waals surface area (Å²) in [6.45, 7) is 3.40. The van der Waals surface area contributed by atoms with E-state index >= 15 is 0 Å². The maximum Gasteiger partial charge on any atom is 0.332 e. The number of carboxylic acids is 1. The van der Waals surface area contributed by atoms with Crippen LogP contribution in [-0.4, -0.2) is 33.4 Å². The number of nitrogens with zero attached hydrogens (tertiary/aromatic N) is 1. The molecule has 0 saturated heterocycles. The fourth-order valence-electron chi connectivity index (χ4n) is 1.22. The number of carboxylic acid groups (broad SMARTS) is 1. The van der Waals surface area contributed by atoms with Gasteiger partial charge in [0, 0.05) is 0 Å². The van der Waals surface area contributed by atoms with Crippen LogP contribution >= 0.6 is 0 Å². The van der Waals surface area contributed by atoms with Gasteiger partial charge < -0.3 is 10.3 Å². The Labute approximate surface area is 64.7 Å². The molecule has 11 heavy (non-hydrogen) atoms. The van der Waals surface area contributed by atoms with E-state index in [1.54, 1.807) is 19.9 Å². The van der Waals surface area contributed by atoms with Crippen molar-refractivity contribution in [3.63, 3.8) is 0 Å². The third kappa shape index (κ3) is 1.27. The molecule has 0 aliphatic carbocycles. The van der Waals surface area contributed by atoms with E-state index in [9.17, 15) is 10.0 Å². The monoisotopic (exact) mass is 157 g/mol. The summed E-state index contributed by atoms with van der Waals surface area (Å²) in [5.41, 5.74) is 0.264. The first-order chi connectivity index (χ1) is 5.04. The van der Waals surface area contributed by atoms with Crippen LogP contribution in [0.15, 0.2) is 11.6 Å². The molecule has 2 atom stereocenters. The molecule has 0 aromatic rings. The molecule has 1 rings (SSSR count). The first-order valence-electron chi connectivity index (χ1n) is 3.46. The fraction of sp³-hybridized carbons (Fsp3) is 0.571. The summed E-state index contributed by atoms with van der Waals surface area (Å²) in [4.78, 5) is 10.5. The molecule has 0 aromatic heterocycles. The zero-order valence-corrected chi connectivity index (χ0v) is 6.48. The average Bonchev–Trinajstić information content (AvgIpc) is 2.17. The topological polar surface area (TPSA) is 60.8 Å². The second kappa shape index (κ2) is 2.64. The normalized spacial score (nSPS) is 32.1. The zero-order chi connectivity index (χ0) is 8.59. The number of hydroxylamine groups is 2. The predicted octanol–water partition coefficient (Wildman–Crippen LogP) is 0.479. The minimum Gasteiger partial charge on any atom is -0.478 e. The highest BCUT2D eigenvalue weighted by molar-refractivity contribution is 5.88. The van der Waals surface area contributed by atoms with Gasteiger partial charge in [0.2, 0.25) is 0 Å². The lowest BCUT2D eigenvalue weighted by molar-refractivity contribution is -0.139. The summed E-state index contributed by atoms with van der Waals surface area (Å²) in [6, 6.07) is -0.599. The van der Waals surface area contributed by atoms with Crippen LogP contribution in [0.25, 0.3) is 0 Å². The number of rotatable bonds is 1. The van der Waals surface area contributed by atoms with E-state index in [-0.39, 0.29) is 11.6 Å². The molecule has 0 bridgehead atoms. The van der Waals surface area contributed by atoms with Crippen molar-refractivity contribution in [1.82, 2.24) is 5.06 Å². The Morgan fingerprint density at radius 3 is 2.36 bits per heavy atom. The first kappa shape index (κ1) is 8.23. The molecule has 62 valence electrons. The van der Waals surface area contributed by atoms with Gasteiger partial charge in [-0.25, -0.2) is 4.79 Å². The van der Waals surface area contributed by atoms with Crippen molar-refractivity contribution in [1.29, 1.82) is 0 Å². The van der Waals surface area contributed by atoms with E-state index in [0.29, 0.717) is 0 Å². The standard InChI is InChI=1S/C7H11NO3/c1-4-3-6(7(9)10)5(2)8(4)11/h3-5,11H,1-2H3,(H,9,10)/t4?,5-/m1/s1. The molecule has 0 spiro atoms. The highest BCUT2D eigenvalue weighted by atomic mass is 16.5. The van der Waals surface area contributed by atoms with Crippen LogP contribution in [0.5, 0.6) is 0 Å². The van der Waals surface area contributed by atoms with Crippen LogP contribution in [0.2, 0.25) is 0 Å². The second-order valence-electron chi connectivity index (χ2n) is 2.72. The van der Waals surface area contributed by atoms with Gasteiger partial charge in [-0.15, -0.1) is 0 Å². The first-order valence-corrected chi connectivity index (χ1v) is 3.46. The lowest BCUT2D eigenvalue weighted by Gasteiger charge is -2.18. The van der Waals surface area contributed by atoms with Gasteiger partial charge in [0.1, 0.15) is 0 Å². The van der Waals surface area contributed by atoms with Crippen molar-refractivity contribution >= 4 is 5.97 Å². The SMILES string of the molecule is CC1C=C(C(=O)O)[C@@H](C)N1O. The van der Waals surface area contributed by atoms with Gasteiger partial charge in [0.05, 0.1) is 17.7 Å². The molecule has 4 heteroatoms. The summed E-state index contributed by atoms with van der Waals surface area (Å²) in [6.07, 6.45) is 1.55. The van der Waals surface area contributed by atoms with E-state index < -0.39 is 12.0 Å². The number of hydrogen-bond acceptors (Lipinski definition) is 3. The summed E-state index contributed by atoms with van der Waals surface area (Å²) in [5, 5.41) is 18.8. The molecule has 4 nitrogen and oxygen atoms in total. The minimum atomic E-state index is -0.957. The van der Waals surface area contributed by atoms with Gasteiger partial charge in [-0.2, -0.15) is 5.06 Å². The van der Waals surface area contributed by atoms with Gasteiger partial charge in [-0.1, -0.05) is 6.08 Å². The van der Waals surface area contributed by atoms with Gasteiger partial charge in [-0.05, 0) is 13.8 Å². The Bertz CT molecular complexity index is 212.